The summed E-state index contributed by atoms with van der Waals surface area (Å²) in [6.45, 7) is 0.290. The van der Waals surface area contributed by atoms with Crippen molar-refractivity contribution in [3.05, 3.63) is 52.3 Å². The van der Waals surface area contributed by atoms with E-state index >= 15 is 0 Å². The molecule has 0 atom stereocenters. The van der Waals surface area contributed by atoms with Crippen LogP contribution in [-0.4, -0.2) is 22.2 Å². The number of aryl methyl sites for hydroxylation is 1. The van der Waals surface area contributed by atoms with Gasteiger partial charge in [-0.2, -0.15) is 18.3 Å². The minimum absolute atomic E-state index is 0.119. The van der Waals surface area contributed by atoms with Crippen molar-refractivity contribution in [2.45, 2.75) is 12.6 Å². The molecule has 0 radical (unpaired) electrons. The highest BCUT2D eigenvalue weighted by atomic mass is 35.5. The van der Waals surface area contributed by atoms with Gasteiger partial charge >= 0.3 is 6.18 Å². The maximum Gasteiger partial charge on any atom is 0.416 e. The number of carbonyl (C=O) groups excluding carboxylic acids is 1. The quantitative estimate of drug-likeness (QED) is 0.936. The van der Waals surface area contributed by atoms with E-state index < -0.39 is 17.6 Å². The van der Waals surface area contributed by atoms with Gasteiger partial charge in [0.2, 0.25) is 0 Å². The Kier molecular flexibility index (Phi) is 4.75. The van der Waals surface area contributed by atoms with Crippen LogP contribution in [0.4, 0.5) is 13.2 Å². The van der Waals surface area contributed by atoms with Crippen LogP contribution >= 0.6 is 11.6 Å². The number of carbonyl (C=O) groups is 1. The third-order valence-electron chi connectivity index (χ3n) is 2.94. The summed E-state index contributed by atoms with van der Waals surface area (Å²) in [4.78, 5) is 11.9. The molecular weight excluding hydrogens is 319 g/mol. The van der Waals surface area contributed by atoms with E-state index in [1.807, 2.05) is 0 Å². The summed E-state index contributed by atoms with van der Waals surface area (Å²) in [6, 6.07) is 2.77. The van der Waals surface area contributed by atoms with E-state index in [9.17, 15) is 18.0 Å². The van der Waals surface area contributed by atoms with E-state index in [4.69, 9.17) is 11.6 Å². The Morgan fingerprint density at radius 2 is 2.09 bits per heavy atom. The maximum atomic E-state index is 12.7. The van der Waals surface area contributed by atoms with Gasteiger partial charge in [0, 0.05) is 30.4 Å². The zero-order valence-corrected chi connectivity index (χ0v) is 12.4. The number of benzene rings is 1. The number of alkyl halides is 3. The first-order valence-electron chi connectivity index (χ1n) is 6.39. The molecule has 1 heterocycles. The van der Waals surface area contributed by atoms with Gasteiger partial charge < -0.3 is 5.32 Å². The molecule has 0 aliphatic rings. The number of rotatable bonds is 4. The summed E-state index contributed by atoms with van der Waals surface area (Å²) in [6.07, 6.45) is -0.553. The summed E-state index contributed by atoms with van der Waals surface area (Å²) in [5.74, 6) is -0.600. The predicted molar refractivity (Wildman–Crippen MR) is 75.7 cm³/mol. The first-order chi connectivity index (χ1) is 10.3. The van der Waals surface area contributed by atoms with Crippen LogP contribution in [0.5, 0.6) is 0 Å². The summed E-state index contributed by atoms with van der Waals surface area (Å²) in [7, 11) is 1.77. The molecule has 118 valence electrons. The predicted octanol–water partition coefficient (Wildman–Crippen LogP) is 3.06. The highest BCUT2D eigenvalue weighted by Gasteiger charge is 2.31. The van der Waals surface area contributed by atoms with Crippen LogP contribution in [-0.2, 0) is 19.6 Å². The van der Waals surface area contributed by atoms with Gasteiger partial charge in [0.1, 0.15) is 0 Å². The Bertz CT molecular complexity index is 682. The molecule has 0 saturated carbocycles. The Labute approximate surface area is 129 Å². The molecule has 0 fully saturated rings. The van der Waals surface area contributed by atoms with E-state index in [0.29, 0.717) is 13.0 Å². The van der Waals surface area contributed by atoms with Crippen molar-refractivity contribution in [3.63, 3.8) is 0 Å². The van der Waals surface area contributed by atoms with Gasteiger partial charge in [-0.3, -0.25) is 9.48 Å². The van der Waals surface area contributed by atoms with Gasteiger partial charge in [-0.25, -0.2) is 0 Å². The van der Waals surface area contributed by atoms with Crippen LogP contribution in [0.25, 0.3) is 0 Å². The van der Waals surface area contributed by atoms with Gasteiger partial charge in [-0.1, -0.05) is 11.6 Å². The molecule has 0 aliphatic heterocycles. The van der Waals surface area contributed by atoms with Gasteiger partial charge in [0.15, 0.2) is 0 Å². The van der Waals surface area contributed by atoms with Crippen molar-refractivity contribution in [2.75, 3.05) is 6.54 Å². The van der Waals surface area contributed by atoms with Crippen molar-refractivity contribution in [3.8, 4) is 0 Å². The Hall–Kier alpha value is -2.02. The molecule has 1 amide bonds. The van der Waals surface area contributed by atoms with Gasteiger partial charge in [0.25, 0.3) is 5.91 Å². The topological polar surface area (TPSA) is 46.9 Å². The molecule has 2 aromatic rings. The fraction of sp³-hybridized carbons (Fsp3) is 0.286. The van der Waals surface area contributed by atoms with E-state index in [1.165, 1.54) is 6.07 Å². The minimum atomic E-state index is -4.55. The van der Waals surface area contributed by atoms with Gasteiger partial charge in [0.05, 0.1) is 11.8 Å². The van der Waals surface area contributed by atoms with Crippen molar-refractivity contribution in [1.29, 1.82) is 0 Å². The van der Waals surface area contributed by atoms with Crippen LogP contribution in [0, 0.1) is 0 Å². The molecule has 1 N–H and O–H groups in total. The summed E-state index contributed by atoms with van der Waals surface area (Å²) >= 11 is 5.64. The van der Waals surface area contributed by atoms with Gasteiger partial charge in [-0.15, -0.1) is 0 Å². The molecule has 0 saturated heterocycles. The fourth-order valence-corrected chi connectivity index (χ4v) is 2.14. The number of halogens is 4. The molecule has 1 aromatic heterocycles. The lowest BCUT2D eigenvalue weighted by atomic mass is 10.1. The average molecular weight is 332 g/mol. The molecule has 0 unspecified atom stereocenters. The van der Waals surface area contributed by atoms with Crippen LogP contribution < -0.4 is 5.32 Å². The second-order valence-corrected chi connectivity index (χ2v) is 5.19. The summed E-state index contributed by atoms with van der Waals surface area (Å²) < 4.78 is 39.7. The monoisotopic (exact) mass is 331 g/mol. The average Bonchev–Trinajstić information content (AvgIpc) is 2.82. The van der Waals surface area contributed by atoms with Gasteiger partial charge in [-0.05, 0) is 30.2 Å². The van der Waals surface area contributed by atoms with Crippen molar-refractivity contribution in [1.82, 2.24) is 15.1 Å². The summed E-state index contributed by atoms with van der Waals surface area (Å²) in [5, 5.41) is 6.41. The third-order valence-corrected chi connectivity index (χ3v) is 3.16. The maximum absolute atomic E-state index is 12.7. The Morgan fingerprint density at radius 3 is 2.68 bits per heavy atom. The fourth-order valence-electron chi connectivity index (χ4n) is 1.91. The second kappa shape index (κ2) is 6.39. The number of hydrogen-bond donors (Lipinski definition) is 1. The number of nitrogens with one attached hydrogen (secondary N) is 1. The zero-order chi connectivity index (χ0) is 16.3. The Morgan fingerprint density at radius 1 is 1.36 bits per heavy atom. The lowest BCUT2D eigenvalue weighted by Gasteiger charge is -2.10. The largest absolute Gasteiger partial charge is 0.416 e. The lowest BCUT2D eigenvalue weighted by molar-refractivity contribution is -0.137. The van der Waals surface area contributed by atoms with Crippen LogP contribution in [0.2, 0.25) is 5.02 Å². The lowest BCUT2D eigenvalue weighted by Crippen LogP contribution is -2.26. The first-order valence-corrected chi connectivity index (χ1v) is 6.77. The molecule has 1 aromatic carbocycles. The van der Waals surface area contributed by atoms with E-state index in [0.717, 1.165) is 17.7 Å². The van der Waals surface area contributed by atoms with Crippen LogP contribution in [0.1, 0.15) is 21.5 Å². The second-order valence-electron chi connectivity index (χ2n) is 4.75. The van der Waals surface area contributed by atoms with Crippen molar-refractivity contribution < 1.29 is 18.0 Å². The first kappa shape index (κ1) is 16.4. The van der Waals surface area contributed by atoms with Crippen molar-refractivity contribution in [2.24, 2.45) is 7.05 Å². The highest BCUT2D eigenvalue weighted by Crippen LogP contribution is 2.31. The number of hydrogen-bond acceptors (Lipinski definition) is 2. The third kappa shape index (κ3) is 4.24. The minimum Gasteiger partial charge on any atom is -0.352 e. The molecule has 8 heteroatoms. The van der Waals surface area contributed by atoms with Crippen LogP contribution in [0.3, 0.4) is 0 Å². The normalized spacial score (nSPS) is 11.5. The molecule has 0 aliphatic carbocycles. The number of amides is 1. The summed E-state index contributed by atoms with van der Waals surface area (Å²) in [5.41, 5.74) is -0.145. The van der Waals surface area contributed by atoms with E-state index in [2.05, 4.69) is 10.4 Å². The highest BCUT2D eigenvalue weighted by molar-refractivity contribution is 6.31. The molecule has 4 nitrogen and oxygen atoms in total. The SMILES string of the molecule is Cn1cc(CCNC(=O)c2cc(Cl)cc(C(F)(F)F)c2)cn1. The molecule has 0 bridgehead atoms. The van der Waals surface area contributed by atoms with E-state index in [1.54, 1.807) is 24.1 Å². The van der Waals surface area contributed by atoms with Crippen molar-refractivity contribution >= 4 is 17.5 Å². The molecular formula is C14H13ClF3N3O. The standard InChI is InChI=1S/C14H13ClF3N3O/c1-21-8-9(7-20-21)2-3-19-13(22)10-4-11(14(16,17)18)6-12(15)5-10/h4-8H,2-3H2,1H3,(H,19,22). The smallest absolute Gasteiger partial charge is 0.352 e. The number of nitrogens with zero attached hydrogens (tertiary/aromatic N) is 2. The number of aromatic nitrogens is 2. The zero-order valence-electron chi connectivity index (χ0n) is 11.6. The van der Waals surface area contributed by atoms with E-state index in [-0.39, 0.29) is 10.6 Å². The molecule has 22 heavy (non-hydrogen) atoms. The van der Waals surface area contributed by atoms with Crippen LogP contribution in [0.15, 0.2) is 30.6 Å². The molecule has 0 spiro atoms. The molecule has 2 rings (SSSR count). The Balaban J connectivity index is 2.01.